The van der Waals surface area contributed by atoms with Gasteiger partial charge in [-0.05, 0) is 55.0 Å². The molecule has 0 saturated heterocycles. The first-order valence-corrected chi connectivity index (χ1v) is 8.13. The molecular formula is C21H22N2O3. The Morgan fingerprint density at radius 1 is 1.12 bits per heavy atom. The molecule has 134 valence electrons. The van der Waals surface area contributed by atoms with Crippen molar-refractivity contribution in [1.29, 1.82) is 0 Å². The number of rotatable bonds is 8. The van der Waals surface area contributed by atoms with Crippen LogP contribution in [0, 0.1) is 0 Å². The molecule has 1 amide bonds. The standard InChI is InChI=1S/C21H22N2O3/c1-4-15-26-20-13-9-18(10-14-20)21(24)23-22-16(2)5-6-17-7-11-19(25-3)12-8-17/h4-14H,1,15H2,2-3H3,(H,23,24). The van der Waals surface area contributed by atoms with Gasteiger partial charge in [0, 0.05) is 5.56 Å². The fourth-order valence-electron chi connectivity index (χ4n) is 2.03. The molecule has 2 aromatic rings. The minimum atomic E-state index is -0.280. The van der Waals surface area contributed by atoms with E-state index in [-0.39, 0.29) is 5.91 Å². The molecule has 0 atom stereocenters. The number of hydrogen-bond acceptors (Lipinski definition) is 4. The Morgan fingerprint density at radius 3 is 2.38 bits per heavy atom. The van der Waals surface area contributed by atoms with Crippen LogP contribution in [0.5, 0.6) is 11.5 Å². The molecule has 0 bridgehead atoms. The van der Waals surface area contributed by atoms with Crippen molar-refractivity contribution in [2.75, 3.05) is 13.7 Å². The first-order chi connectivity index (χ1) is 12.6. The average Bonchev–Trinajstić information content (AvgIpc) is 2.69. The number of nitrogens with zero attached hydrogens (tertiary/aromatic N) is 1. The van der Waals surface area contributed by atoms with Gasteiger partial charge in [-0.3, -0.25) is 4.79 Å². The monoisotopic (exact) mass is 350 g/mol. The van der Waals surface area contributed by atoms with Crippen LogP contribution in [0.3, 0.4) is 0 Å². The highest BCUT2D eigenvalue weighted by atomic mass is 16.5. The highest BCUT2D eigenvalue weighted by Crippen LogP contribution is 2.13. The smallest absolute Gasteiger partial charge is 0.271 e. The minimum absolute atomic E-state index is 0.280. The number of nitrogens with one attached hydrogen (secondary N) is 1. The highest BCUT2D eigenvalue weighted by Gasteiger charge is 2.04. The lowest BCUT2D eigenvalue weighted by Crippen LogP contribution is -2.18. The van der Waals surface area contributed by atoms with Crippen LogP contribution in [0.2, 0.25) is 0 Å². The van der Waals surface area contributed by atoms with Crippen LogP contribution in [-0.4, -0.2) is 25.3 Å². The number of carbonyl (C=O) groups is 1. The molecule has 0 unspecified atom stereocenters. The van der Waals surface area contributed by atoms with Crippen LogP contribution >= 0.6 is 0 Å². The Morgan fingerprint density at radius 2 is 1.77 bits per heavy atom. The third kappa shape index (κ3) is 5.94. The van der Waals surface area contributed by atoms with E-state index in [1.807, 2.05) is 43.3 Å². The second-order valence-electron chi connectivity index (χ2n) is 5.42. The largest absolute Gasteiger partial charge is 0.497 e. The van der Waals surface area contributed by atoms with E-state index in [1.165, 1.54) is 0 Å². The lowest BCUT2D eigenvalue weighted by Gasteiger charge is -2.04. The number of carbonyl (C=O) groups excluding carboxylic acids is 1. The third-order valence-corrected chi connectivity index (χ3v) is 3.45. The van der Waals surface area contributed by atoms with Crippen molar-refractivity contribution in [1.82, 2.24) is 5.43 Å². The van der Waals surface area contributed by atoms with E-state index in [0.717, 1.165) is 11.3 Å². The number of hydrogen-bond donors (Lipinski definition) is 1. The van der Waals surface area contributed by atoms with Crippen LogP contribution in [0.4, 0.5) is 0 Å². The zero-order chi connectivity index (χ0) is 18.8. The molecule has 5 nitrogen and oxygen atoms in total. The fraction of sp³-hybridized carbons (Fsp3) is 0.143. The van der Waals surface area contributed by atoms with E-state index < -0.39 is 0 Å². The van der Waals surface area contributed by atoms with Gasteiger partial charge in [-0.2, -0.15) is 5.10 Å². The Kier molecular flexibility index (Phi) is 7.18. The van der Waals surface area contributed by atoms with Gasteiger partial charge >= 0.3 is 0 Å². The van der Waals surface area contributed by atoms with E-state index in [1.54, 1.807) is 37.5 Å². The molecule has 0 aliphatic heterocycles. The molecule has 2 aromatic carbocycles. The molecule has 26 heavy (non-hydrogen) atoms. The molecule has 0 radical (unpaired) electrons. The Bertz CT molecular complexity index is 791. The van der Waals surface area contributed by atoms with Gasteiger partial charge in [-0.15, -0.1) is 0 Å². The summed E-state index contributed by atoms with van der Waals surface area (Å²) in [5.41, 5.74) is 4.74. The van der Waals surface area contributed by atoms with Gasteiger partial charge in [0.2, 0.25) is 0 Å². The fourth-order valence-corrected chi connectivity index (χ4v) is 2.03. The molecule has 0 aliphatic rings. The summed E-state index contributed by atoms with van der Waals surface area (Å²) in [4.78, 5) is 12.1. The molecule has 1 N–H and O–H groups in total. The number of benzene rings is 2. The van der Waals surface area contributed by atoms with Crippen molar-refractivity contribution >= 4 is 17.7 Å². The van der Waals surface area contributed by atoms with E-state index >= 15 is 0 Å². The maximum Gasteiger partial charge on any atom is 0.271 e. The van der Waals surface area contributed by atoms with Crippen molar-refractivity contribution in [3.63, 3.8) is 0 Å². The lowest BCUT2D eigenvalue weighted by atomic mass is 10.2. The van der Waals surface area contributed by atoms with Crippen molar-refractivity contribution in [2.24, 2.45) is 5.10 Å². The Hall–Kier alpha value is -3.34. The summed E-state index contributed by atoms with van der Waals surface area (Å²) in [7, 11) is 1.63. The van der Waals surface area contributed by atoms with Crippen LogP contribution in [0.25, 0.3) is 6.08 Å². The van der Waals surface area contributed by atoms with Crippen LogP contribution in [0.1, 0.15) is 22.8 Å². The SMILES string of the molecule is C=CCOc1ccc(C(=O)NN=C(C)C=Cc2ccc(OC)cc2)cc1. The summed E-state index contributed by atoms with van der Waals surface area (Å²) in [5.74, 6) is 1.21. The maximum atomic E-state index is 12.1. The van der Waals surface area contributed by atoms with Gasteiger partial charge in [0.15, 0.2) is 0 Å². The first kappa shape index (κ1) is 19.0. The summed E-state index contributed by atoms with van der Waals surface area (Å²) >= 11 is 0. The van der Waals surface area contributed by atoms with Gasteiger partial charge in [-0.25, -0.2) is 5.43 Å². The third-order valence-electron chi connectivity index (χ3n) is 3.45. The number of ether oxygens (including phenoxy) is 2. The lowest BCUT2D eigenvalue weighted by molar-refractivity contribution is 0.0955. The molecule has 2 rings (SSSR count). The normalized spacial score (nSPS) is 11.2. The summed E-state index contributed by atoms with van der Waals surface area (Å²) in [6.45, 7) is 5.83. The zero-order valence-electron chi connectivity index (χ0n) is 14.9. The van der Waals surface area contributed by atoms with Gasteiger partial charge in [0.05, 0.1) is 12.8 Å². The van der Waals surface area contributed by atoms with E-state index in [9.17, 15) is 4.79 Å². The van der Waals surface area contributed by atoms with Crippen molar-refractivity contribution in [2.45, 2.75) is 6.92 Å². The first-order valence-electron chi connectivity index (χ1n) is 8.13. The molecular weight excluding hydrogens is 328 g/mol. The zero-order valence-corrected chi connectivity index (χ0v) is 14.9. The predicted molar refractivity (Wildman–Crippen MR) is 105 cm³/mol. The van der Waals surface area contributed by atoms with Crippen molar-refractivity contribution in [3.05, 3.63) is 78.4 Å². The molecule has 5 heteroatoms. The molecule has 0 spiro atoms. The summed E-state index contributed by atoms with van der Waals surface area (Å²) in [6.07, 6.45) is 5.40. The molecule has 0 aliphatic carbocycles. The van der Waals surface area contributed by atoms with Crippen molar-refractivity contribution < 1.29 is 14.3 Å². The van der Waals surface area contributed by atoms with Crippen LogP contribution in [0.15, 0.2) is 72.4 Å². The average molecular weight is 350 g/mol. The summed E-state index contributed by atoms with van der Waals surface area (Å²) < 4.78 is 10.5. The Balaban J connectivity index is 1.91. The quantitative estimate of drug-likeness (QED) is 0.443. The number of amides is 1. The van der Waals surface area contributed by atoms with Gasteiger partial charge in [0.1, 0.15) is 18.1 Å². The second-order valence-corrected chi connectivity index (χ2v) is 5.42. The van der Waals surface area contributed by atoms with E-state index in [2.05, 4.69) is 17.1 Å². The molecule has 0 heterocycles. The number of hydrazone groups is 1. The number of methoxy groups -OCH3 is 1. The highest BCUT2D eigenvalue weighted by molar-refractivity contribution is 5.99. The Labute approximate surface area is 153 Å². The summed E-state index contributed by atoms with van der Waals surface area (Å²) in [6, 6.07) is 14.5. The predicted octanol–water partition coefficient (Wildman–Crippen LogP) is 4.08. The molecule has 0 fully saturated rings. The minimum Gasteiger partial charge on any atom is -0.497 e. The van der Waals surface area contributed by atoms with E-state index in [0.29, 0.717) is 23.6 Å². The number of allylic oxidation sites excluding steroid dienone is 1. The topological polar surface area (TPSA) is 59.9 Å². The maximum absolute atomic E-state index is 12.1. The van der Waals surface area contributed by atoms with Gasteiger partial charge < -0.3 is 9.47 Å². The van der Waals surface area contributed by atoms with Gasteiger partial charge in [0.25, 0.3) is 5.91 Å². The second kappa shape index (κ2) is 9.84. The van der Waals surface area contributed by atoms with E-state index in [4.69, 9.17) is 9.47 Å². The molecule has 0 saturated carbocycles. The van der Waals surface area contributed by atoms with Crippen LogP contribution in [-0.2, 0) is 0 Å². The van der Waals surface area contributed by atoms with Crippen LogP contribution < -0.4 is 14.9 Å². The van der Waals surface area contributed by atoms with Crippen molar-refractivity contribution in [3.8, 4) is 11.5 Å². The molecule has 0 aromatic heterocycles. The summed E-state index contributed by atoms with van der Waals surface area (Å²) in [5, 5.41) is 4.08. The van der Waals surface area contributed by atoms with Gasteiger partial charge in [-0.1, -0.05) is 30.9 Å².